The summed E-state index contributed by atoms with van der Waals surface area (Å²) in [4.78, 5) is 0. The van der Waals surface area contributed by atoms with E-state index in [9.17, 15) is 5.11 Å². The molecular weight excluding hydrogens is 268 g/mol. The zero-order valence-electron chi connectivity index (χ0n) is 13.6. The first-order chi connectivity index (χ1) is 10.1. The van der Waals surface area contributed by atoms with Gasteiger partial charge in [0, 0.05) is 13.0 Å². The van der Waals surface area contributed by atoms with Crippen molar-refractivity contribution in [2.24, 2.45) is 5.92 Å². The van der Waals surface area contributed by atoms with Crippen molar-refractivity contribution >= 4 is 0 Å². The maximum absolute atomic E-state index is 10.1. The highest BCUT2D eigenvalue weighted by atomic mass is 16.5. The molecule has 4 nitrogen and oxygen atoms in total. The second-order valence-corrected chi connectivity index (χ2v) is 5.04. The Morgan fingerprint density at radius 2 is 1.86 bits per heavy atom. The SMILES string of the molecule is C=CCCOCCOCC(C)=CC(C)C(O)C(C=C)OC. The fraction of sp³-hybridized carbons (Fsp3) is 0.647. The highest BCUT2D eigenvalue weighted by Gasteiger charge is 2.20. The maximum Gasteiger partial charge on any atom is 0.101 e. The van der Waals surface area contributed by atoms with Crippen LogP contribution in [0.2, 0.25) is 0 Å². The van der Waals surface area contributed by atoms with Crippen LogP contribution in [0.15, 0.2) is 37.0 Å². The second kappa shape index (κ2) is 12.8. The zero-order chi connectivity index (χ0) is 16.1. The van der Waals surface area contributed by atoms with Crippen molar-refractivity contribution in [1.82, 2.24) is 0 Å². The number of hydrogen-bond acceptors (Lipinski definition) is 4. The smallest absolute Gasteiger partial charge is 0.101 e. The minimum atomic E-state index is -0.607. The van der Waals surface area contributed by atoms with E-state index < -0.39 is 6.10 Å². The molecular formula is C17H30O4. The van der Waals surface area contributed by atoms with Gasteiger partial charge in [-0.25, -0.2) is 0 Å². The van der Waals surface area contributed by atoms with Crippen LogP contribution in [0.3, 0.4) is 0 Å². The van der Waals surface area contributed by atoms with Gasteiger partial charge in [-0.05, 0) is 13.3 Å². The Morgan fingerprint density at radius 1 is 1.19 bits per heavy atom. The van der Waals surface area contributed by atoms with E-state index in [4.69, 9.17) is 14.2 Å². The van der Waals surface area contributed by atoms with Gasteiger partial charge >= 0.3 is 0 Å². The summed E-state index contributed by atoms with van der Waals surface area (Å²) >= 11 is 0. The largest absolute Gasteiger partial charge is 0.389 e. The topological polar surface area (TPSA) is 47.9 Å². The standard InChI is InChI=1S/C17H30O4/c1-6-8-9-20-10-11-21-13-14(3)12-15(4)17(18)16(7-2)19-5/h6-7,12,15-18H,1-2,8-11,13H2,3-5H3. The Balaban J connectivity index is 3.95. The quantitative estimate of drug-likeness (QED) is 0.419. The van der Waals surface area contributed by atoms with Gasteiger partial charge in [-0.15, -0.1) is 13.2 Å². The molecule has 3 atom stereocenters. The molecule has 0 saturated carbocycles. The summed E-state index contributed by atoms with van der Waals surface area (Å²) in [7, 11) is 1.56. The average molecular weight is 298 g/mol. The van der Waals surface area contributed by atoms with E-state index in [-0.39, 0.29) is 12.0 Å². The van der Waals surface area contributed by atoms with Crippen LogP contribution in [0, 0.1) is 5.92 Å². The van der Waals surface area contributed by atoms with E-state index >= 15 is 0 Å². The number of aliphatic hydroxyl groups excluding tert-OH is 1. The Morgan fingerprint density at radius 3 is 2.43 bits per heavy atom. The van der Waals surface area contributed by atoms with Crippen molar-refractivity contribution < 1.29 is 19.3 Å². The van der Waals surface area contributed by atoms with Gasteiger partial charge in [0.2, 0.25) is 0 Å². The molecule has 4 heteroatoms. The Kier molecular flexibility index (Phi) is 12.2. The van der Waals surface area contributed by atoms with E-state index in [0.717, 1.165) is 12.0 Å². The molecule has 0 heterocycles. The lowest BCUT2D eigenvalue weighted by atomic mass is 9.97. The molecule has 0 aliphatic carbocycles. The van der Waals surface area contributed by atoms with Gasteiger partial charge in [0.05, 0.1) is 32.5 Å². The molecule has 0 aliphatic heterocycles. The summed E-state index contributed by atoms with van der Waals surface area (Å²) in [5.41, 5.74) is 1.08. The monoisotopic (exact) mass is 298 g/mol. The lowest BCUT2D eigenvalue weighted by molar-refractivity contribution is -0.00178. The van der Waals surface area contributed by atoms with Crippen LogP contribution in [-0.4, -0.2) is 50.9 Å². The third-order valence-electron chi connectivity index (χ3n) is 3.10. The maximum atomic E-state index is 10.1. The normalized spacial score (nSPS) is 16.3. The van der Waals surface area contributed by atoms with E-state index in [1.54, 1.807) is 13.2 Å². The van der Waals surface area contributed by atoms with Gasteiger partial charge in [-0.2, -0.15) is 0 Å². The van der Waals surface area contributed by atoms with Gasteiger partial charge in [-0.1, -0.05) is 30.7 Å². The van der Waals surface area contributed by atoms with E-state index in [1.165, 1.54) is 0 Å². The van der Waals surface area contributed by atoms with Gasteiger partial charge < -0.3 is 19.3 Å². The van der Waals surface area contributed by atoms with Crippen molar-refractivity contribution in [3.8, 4) is 0 Å². The molecule has 0 rings (SSSR count). The van der Waals surface area contributed by atoms with Crippen molar-refractivity contribution in [1.29, 1.82) is 0 Å². The minimum Gasteiger partial charge on any atom is -0.389 e. The lowest BCUT2D eigenvalue weighted by Gasteiger charge is -2.22. The predicted octanol–water partition coefficient (Wildman–Crippen LogP) is 2.74. The molecule has 0 aromatic heterocycles. The average Bonchev–Trinajstić information content (AvgIpc) is 2.47. The number of ether oxygens (including phenoxy) is 3. The fourth-order valence-corrected chi connectivity index (χ4v) is 1.89. The third kappa shape index (κ3) is 9.58. The number of rotatable bonds is 13. The summed E-state index contributed by atoms with van der Waals surface area (Å²) in [5.74, 6) is -0.0274. The van der Waals surface area contributed by atoms with Gasteiger partial charge in [-0.3, -0.25) is 0 Å². The summed E-state index contributed by atoms with van der Waals surface area (Å²) in [6.07, 6.45) is 5.34. The van der Waals surface area contributed by atoms with Crippen molar-refractivity contribution in [3.63, 3.8) is 0 Å². The van der Waals surface area contributed by atoms with E-state index in [1.807, 2.05) is 26.0 Å². The summed E-state index contributed by atoms with van der Waals surface area (Å²) in [5, 5.41) is 10.1. The van der Waals surface area contributed by atoms with Crippen LogP contribution < -0.4 is 0 Å². The van der Waals surface area contributed by atoms with E-state index in [2.05, 4.69) is 13.2 Å². The number of aliphatic hydroxyl groups is 1. The van der Waals surface area contributed by atoms with Gasteiger partial charge in [0.15, 0.2) is 0 Å². The summed E-state index contributed by atoms with van der Waals surface area (Å²) in [6, 6.07) is 0. The Labute approximate surface area is 129 Å². The molecule has 1 N–H and O–H groups in total. The first kappa shape index (κ1) is 20.1. The molecule has 0 aromatic carbocycles. The summed E-state index contributed by atoms with van der Waals surface area (Å²) < 4.78 is 16.0. The summed E-state index contributed by atoms with van der Waals surface area (Å²) in [6.45, 7) is 13.6. The van der Waals surface area contributed by atoms with Crippen LogP contribution in [0.5, 0.6) is 0 Å². The first-order valence-corrected chi connectivity index (χ1v) is 7.33. The molecule has 0 bridgehead atoms. The minimum absolute atomic E-state index is 0.0274. The highest BCUT2D eigenvalue weighted by Crippen LogP contribution is 2.14. The van der Waals surface area contributed by atoms with Crippen molar-refractivity contribution in [3.05, 3.63) is 37.0 Å². The lowest BCUT2D eigenvalue weighted by Crippen LogP contribution is -2.31. The first-order valence-electron chi connectivity index (χ1n) is 7.33. The zero-order valence-corrected chi connectivity index (χ0v) is 13.6. The third-order valence-corrected chi connectivity index (χ3v) is 3.10. The predicted molar refractivity (Wildman–Crippen MR) is 86.4 cm³/mol. The van der Waals surface area contributed by atoms with Crippen LogP contribution in [0.1, 0.15) is 20.3 Å². The highest BCUT2D eigenvalue weighted by molar-refractivity contribution is 5.04. The molecule has 0 radical (unpaired) electrons. The van der Waals surface area contributed by atoms with Gasteiger partial charge in [0.1, 0.15) is 6.10 Å². The molecule has 0 aromatic rings. The van der Waals surface area contributed by atoms with Gasteiger partial charge in [0.25, 0.3) is 0 Å². The number of hydrogen-bond donors (Lipinski definition) is 1. The number of methoxy groups -OCH3 is 1. The van der Waals surface area contributed by atoms with Crippen LogP contribution in [-0.2, 0) is 14.2 Å². The molecule has 0 spiro atoms. The molecule has 0 fully saturated rings. The van der Waals surface area contributed by atoms with Crippen LogP contribution in [0.25, 0.3) is 0 Å². The van der Waals surface area contributed by atoms with Crippen molar-refractivity contribution in [2.45, 2.75) is 32.5 Å². The molecule has 0 aliphatic rings. The van der Waals surface area contributed by atoms with Crippen LogP contribution >= 0.6 is 0 Å². The molecule has 21 heavy (non-hydrogen) atoms. The van der Waals surface area contributed by atoms with E-state index in [0.29, 0.717) is 26.4 Å². The molecule has 122 valence electrons. The Bertz CT molecular complexity index is 312. The second-order valence-electron chi connectivity index (χ2n) is 5.04. The van der Waals surface area contributed by atoms with Crippen LogP contribution in [0.4, 0.5) is 0 Å². The van der Waals surface area contributed by atoms with Crippen molar-refractivity contribution in [2.75, 3.05) is 33.5 Å². The fourth-order valence-electron chi connectivity index (χ4n) is 1.89. The Hall–Kier alpha value is -0.940. The molecule has 3 unspecified atom stereocenters. The molecule has 0 saturated heterocycles. The molecule has 0 amide bonds.